The third-order valence-corrected chi connectivity index (χ3v) is 6.51. The first-order chi connectivity index (χ1) is 15.0. The number of aryl methyl sites for hydroxylation is 1. The van der Waals surface area contributed by atoms with E-state index in [2.05, 4.69) is 15.8 Å². The summed E-state index contributed by atoms with van der Waals surface area (Å²) >= 11 is 1.56. The lowest BCUT2D eigenvalue weighted by Crippen LogP contribution is -2.33. The van der Waals surface area contributed by atoms with Gasteiger partial charge in [0.2, 0.25) is 11.8 Å². The van der Waals surface area contributed by atoms with Gasteiger partial charge in [-0.2, -0.15) is 0 Å². The average molecular weight is 443 g/mol. The molecule has 1 aromatic carbocycles. The molecule has 2 aromatic heterocycles. The SMILES string of the molecule is Cc1oc(-c2cccs2)nc1CC(=O)N(C)CCCC1CC(c2cccc(F)c2)NN1. The molecule has 0 radical (unpaired) electrons. The average Bonchev–Trinajstić information content (AvgIpc) is 3.50. The van der Waals surface area contributed by atoms with Gasteiger partial charge in [0.15, 0.2) is 0 Å². The molecule has 3 aromatic rings. The van der Waals surface area contributed by atoms with Crippen molar-refractivity contribution in [3.63, 3.8) is 0 Å². The molecule has 8 heteroatoms. The lowest BCUT2D eigenvalue weighted by atomic mass is 9.99. The van der Waals surface area contributed by atoms with Crippen molar-refractivity contribution in [2.75, 3.05) is 13.6 Å². The highest BCUT2D eigenvalue weighted by Gasteiger charge is 2.25. The number of halogens is 1. The van der Waals surface area contributed by atoms with Gasteiger partial charge in [-0.05, 0) is 55.3 Å². The number of nitrogens with one attached hydrogen (secondary N) is 2. The Balaban J connectivity index is 1.22. The maximum Gasteiger partial charge on any atom is 0.236 e. The number of hydrogen-bond acceptors (Lipinski definition) is 6. The number of carbonyl (C=O) groups is 1. The van der Waals surface area contributed by atoms with Gasteiger partial charge < -0.3 is 9.32 Å². The molecule has 4 rings (SSSR count). The van der Waals surface area contributed by atoms with E-state index in [-0.39, 0.29) is 24.2 Å². The summed E-state index contributed by atoms with van der Waals surface area (Å²) in [5, 5.41) is 1.97. The number of amides is 1. The van der Waals surface area contributed by atoms with Crippen LogP contribution in [0.3, 0.4) is 0 Å². The van der Waals surface area contributed by atoms with Crippen molar-refractivity contribution in [3.8, 4) is 10.8 Å². The largest absolute Gasteiger partial charge is 0.440 e. The van der Waals surface area contributed by atoms with Crippen molar-refractivity contribution in [2.45, 2.75) is 44.7 Å². The molecule has 2 unspecified atom stereocenters. The highest BCUT2D eigenvalue weighted by atomic mass is 32.1. The fourth-order valence-corrected chi connectivity index (χ4v) is 4.48. The smallest absolute Gasteiger partial charge is 0.236 e. The van der Waals surface area contributed by atoms with Gasteiger partial charge >= 0.3 is 0 Å². The Kier molecular flexibility index (Phi) is 6.80. The number of hydrogen-bond donors (Lipinski definition) is 2. The third-order valence-electron chi connectivity index (χ3n) is 5.65. The Morgan fingerprint density at radius 1 is 1.32 bits per heavy atom. The second-order valence-corrected chi connectivity index (χ2v) is 8.91. The van der Waals surface area contributed by atoms with Gasteiger partial charge in [0.05, 0.1) is 17.0 Å². The number of benzene rings is 1. The summed E-state index contributed by atoms with van der Waals surface area (Å²) in [5.74, 6) is 1.08. The molecule has 2 N–H and O–H groups in total. The molecule has 0 spiro atoms. The minimum Gasteiger partial charge on any atom is -0.440 e. The fourth-order valence-electron chi connectivity index (χ4n) is 3.83. The molecule has 1 aliphatic heterocycles. The van der Waals surface area contributed by atoms with Crippen LogP contribution in [0.4, 0.5) is 4.39 Å². The first-order valence-corrected chi connectivity index (χ1v) is 11.4. The molecule has 6 nitrogen and oxygen atoms in total. The maximum absolute atomic E-state index is 13.4. The van der Waals surface area contributed by atoms with Crippen molar-refractivity contribution < 1.29 is 13.6 Å². The van der Waals surface area contributed by atoms with E-state index in [1.54, 1.807) is 28.4 Å². The van der Waals surface area contributed by atoms with Gasteiger partial charge in [-0.15, -0.1) is 11.3 Å². The molecule has 0 aliphatic carbocycles. The predicted molar refractivity (Wildman–Crippen MR) is 119 cm³/mol. The lowest BCUT2D eigenvalue weighted by Gasteiger charge is -2.18. The Hall–Kier alpha value is -2.55. The quantitative estimate of drug-likeness (QED) is 0.546. The molecular weight excluding hydrogens is 415 g/mol. The summed E-state index contributed by atoms with van der Waals surface area (Å²) in [6.45, 7) is 2.52. The van der Waals surface area contributed by atoms with Crippen LogP contribution >= 0.6 is 11.3 Å². The number of hydrazine groups is 1. The zero-order valence-electron chi connectivity index (χ0n) is 17.7. The summed E-state index contributed by atoms with van der Waals surface area (Å²) in [5.41, 5.74) is 8.19. The van der Waals surface area contributed by atoms with E-state index in [0.717, 1.165) is 29.7 Å². The van der Waals surface area contributed by atoms with Gasteiger partial charge in [-0.3, -0.25) is 15.6 Å². The maximum atomic E-state index is 13.4. The van der Waals surface area contributed by atoms with E-state index >= 15 is 0 Å². The molecule has 31 heavy (non-hydrogen) atoms. The highest BCUT2D eigenvalue weighted by Crippen LogP contribution is 2.27. The molecule has 3 heterocycles. The van der Waals surface area contributed by atoms with Crippen LogP contribution in [0.25, 0.3) is 10.8 Å². The van der Waals surface area contributed by atoms with Crippen molar-refractivity contribution in [2.24, 2.45) is 0 Å². The Morgan fingerprint density at radius 3 is 2.97 bits per heavy atom. The summed E-state index contributed by atoms with van der Waals surface area (Å²) in [7, 11) is 1.83. The second-order valence-electron chi connectivity index (χ2n) is 7.96. The molecule has 1 aliphatic rings. The van der Waals surface area contributed by atoms with E-state index in [9.17, 15) is 9.18 Å². The van der Waals surface area contributed by atoms with Crippen molar-refractivity contribution in [1.29, 1.82) is 0 Å². The molecular formula is C23H27FN4O2S. The molecule has 2 atom stereocenters. The Bertz CT molecular complexity index is 1020. The topological polar surface area (TPSA) is 70.4 Å². The number of likely N-dealkylation sites (N-methyl/N-ethyl adjacent to an activating group) is 1. The molecule has 164 valence electrons. The van der Waals surface area contributed by atoms with Crippen LogP contribution < -0.4 is 10.9 Å². The monoisotopic (exact) mass is 442 g/mol. The molecule has 1 amide bonds. The van der Waals surface area contributed by atoms with Crippen LogP contribution in [-0.2, 0) is 11.2 Å². The number of oxazole rings is 1. The Labute approximate surface area is 185 Å². The van der Waals surface area contributed by atoms with Crippen molar-refractivity contribution in [1.82, 2.24) is 20.7 Å². The summed E-state index contributed by atoms with van der Waals surface area (Å²) in [6.07, 6.45) is 2.95. The second kappa shape index (κ2) is 9.72. The minimum atomic E-state index is -0.215. The van der Waals surface area contributed by atoms with Crippen LogP contribution in [0.15, 0.2) is 46.2 Å². The first-order valence-electron chi connectivity index (χ1n) is 10.5. The highest BCUT2D eigenvalue weighted by molar-refractivity contribution is 7.13. The standard InChI is InChI=1S/C23H27FN4O2S/c1-15-19(25-23(30-15)21-9-5-11-31-21)14-22(29)28(2)10-4-8-18-13-20(27-26-18)16-6-3-7-17(24)12-16/h3,5-7,9,11-12,18,20,26-27H,4,8,10,13-14H2,1-2H3. The van der Waals surface area contributed by atoms with Crippen LogP contribution in [0.1, 0.15) is 42.3 Å². The first kappa shape index (κ1) is 21.7. The number of carbonyl (C=O) groups excluding carboxylic acids is 1. The normalized spacial score (nSPS) is 18.4. The van der Waals surface area contributed by atoms with Gasteiger partial charge in [-0.25, -0.2) is 9.37 Å². The van der Waals surface area contributed by atoms with Crippen LogP contribution in [-0.4, -0.2) is 35.4 Å². The van der Waals surface area contributed by atoms with Gasteiger partial charge in [0, 0.05) is 25.7 Å². The molecule has 1 saturated heterocycles. The molecule has 1 fully saturated rings. The minimum absolute atomic E-state index is 0.0317. The van der Waals surface area contributed by atoms with Crippen molar-refractivity contribution >= 4 is 17.2 Å². The number of nitrogens with zero attached hydrogens (tertiary/aromatic N) is 2. The number of aromatic nitrogens is 1. The van der Waals surface area contributed by atoms with Gasteiger partial charge in [-0.1, -0.05) is 18.2 Å². The summed E-state index contributed by atoms with van der Waals surface area (Å²) in [4.78, 5) is 19.9. The zero-order chi connectivity index (χ0) is 21.8. The zero-order valence-corrected chi connectivity index (χ0v) is 18.5. The van der Waals surface area contributed by atoms with Crippen LogP contribution in [0.5, 0.6) is 0 Å². The van der Waals surface area contributed by atoms with Crippen molar-refractivity contribution in [3.05, 3.63) is 64.6 Å². The van der Waals surface area contributed by atoms with E-state index in [1.165, 1.54) is 6.07 Å². The lowest BCUT2D eigenvalue weighted by molar-refractivity contribution is -0.129. The van der Waals surface area contributed by atoms with Crippen LogP contribution in [0, 0.1) is 12.7 Å². The summed E-state index contributed by atoms with van der Waals surface area (Å²) in [6, 6.07) is 11.0. The predicted octanol–water partition coefficient (Wildman–Crippen LogP) is 4.24. The van der Waals surface area contributed by atoms with E-state index in [0.29, 0.717) is 29.9 Å². The molecule has 0 saturated carbocycles. The van der Waals surface area contributed by atoms with E-state index < -0.39 is 0 Å². The fraction of sp³-hybridized carbons (Fsp3) is 0.391. The molecule has 0 bridgehead atoms. The summed E-state index contributed by atoms with van der Waals surface area (Å²) < 4.78 is 19.2. The van der Waals surface area contributed by atoms with Gasteiger partial charge in [0.1, 0.15) is 11.6 Å². The van der Waals surface area contributed by atoms with Crippen LogP contribution in [0.2, 0.25) is 0 Å². The van der Waals surface area contributed by atoms with E-state index in [4.69, 9.17) is 4.42 Å². The number of rotatable bonds is 8. The Morgan fingerprint density at radius 2 is 2.19 bits per heavy atom. The third kappa shape index (κ3) is 5.39. The van der Waals surface area contributed by atoms with Gasteiger partial charge in [0.25, 0.3) is 0 Å². The van der Waals surface area contributed by atoms with E-state index in [1.807, 2.05) is 37.6 Å². The number of thiophene rings is 1.